The molecule has 1 N–H and O–H groups in total. The van der Waals surface area contributed by atoms with E-state index in [1.165, 1.54) is 30.4 Å². The fourth-order valence-corrected chi connectivity index (χ4v) is 2.93. The first-order chi connectivity index (χ1) is 9.19. The minimum Gasteiger partial charge on any atom is -0.493 e. The number of piperidine rings is 1. The number of benzene rings is 1. The van der Waals surface area contributed by atoms with Gasteiger partial charge in [-0.3, -0.25) is 0 Å². The summed E-state index contributed by atoms with van der Waals surface area (Å²) in [6.07, 6.45) is 3.71. The Hall–Kier alpha value is -1.22. The fraction of sp³-hybridized carbons (Fsp3) is 0.625. The average molecular weight is 263 g/mol. The van der Waals surface area contributed by atoms with Crippen molar-refractivity contribution in [1.82, 2.24) is 5.32 Å². The molecule has 106 valence electrons. The Bertz CT molecular complexity index is 423. The number of methoxy groups -OCH3 is 2. The Labute approximate surface area is 116 Å². The van der Waals surface area contributed by atoms with Gasteiger partial charge in [-0.05, 0) is 36.9 Å². The second-order valence-corrected chi connectivity index (χ2v) is 5.46. The van der Waals surface area contributed by atoms with Gasteiger partial charge in [0.1, 0.15) is 0 Å². The summed E-state index contributed by atoms with van der Waals surface area (Å²) in [7, 11) is 3.43. The molecular formula is C16H25NO2. The zero-order valence-corrected chi connectivity index (χ0v) is 12.5. The smallest absolute Gasteiger partial charge is 0.165 e. The highest BCUT2D eigenvalue weighted by Crippen LogP contribution is 2.42. The van der Waals surface area contributed by atoms with Gasteiger partial charge < -0.3 is 14.8 Å². The van der Waals surface area contributed by atoms with Crippen molar-refractivity contribution in [2.45, 2.75) is 45.1 Å². The summed E-state index contributed by atoms with van der Waals surface area (Å²) in [4.78, 5) is 0. The van der Waals surface area contributed by atoms with E-state index in [2.05, 4.69) is 25.2 Å². The van der Waals surface area contributed by atoms with E-state index in [0.717, 1.165) is 18.0 Å². The molecular weight excluding hydrogens is 238 g/mol. The van der Waals surface area contributed by atoms with Crippen molar-refractivity contribution < 1.29 is 9.47 Å². The first-order valence-electron chi connectivity index (χ1n) is 7.17. The Morgan fingerprint density at radius 1 is 1.16 bits per heavy atom. The molecule has 0 saturated carbocycles. The highest BCUT2D eigenvalue weighted by Gasteiger charge is 2.25. The SMILES string of the molecule is COc1ccc(C(C)C)c(C2CCCCN2)c1OC. The van der Waals surface area contributed by atoms with E-state index in [1.807, 2.05) is 6.07 Å². The maximum absolute atomic E-state index is 5.65. The van der Waals surface area contributed by atoms with Crippen LogP contribution in [0.25, 0.3) is 0 Å². The van der Waals surface area contributed by atoms with E-state index in [1.54, 1.807) is 14.2 Å². The second kappa shape index (κ2) is 6.29. The van der Waals surface area contributed by atoms with Gasteiger partial charge in [0, 0.05) is 11.6 Å². The van der Waals surface area contributed by atoms with Crippen LogP contribution in [-0.4, -0.2) is 20.8 Å². The molecule has 1 heterocycles. The van der Waals surface area contributed by atoms with Gasteiger partial charge >= 0.3 is 0 Å². The van der Waals surface area contributed by atoms with Crippen molar-refractivity contribution in [3.05, 3.63) is 23.3 Å². The lowest BCUT2D eigenvalue weighted by Gasteiger charge is -2.29. The van der Waals surface area contributed by atoms with Crippen LogP contribution in [0.5, 0.6) is 11.5 Å². The Kier molecular flexibility index (Phi) is 4.70. The van der Waals surface area contributed by atoms with Gasteiger partial charge in [-0.2, -0.15) is 0 Å². The molecule has 19 heavy (non-hydrogen) atoms. The quantitative estimate of drug-likeness (QED) is 0.899. The summed E-state index contributed by atoms with van der Waals surface area (Å²) < 4.78 is 11.1. The molecule has 1 atom stereocenters. The minimum absolute atomic E-state index is 0.385. The molecule has 0 aromatic heterocycles. The minimum atomic E-state index is 0.385. The van der Waals surface area contributed by atoms with Crippen LogP contribution in [0.1, 0.15) is 56.2 Å². The third-order valence-electron chi connectivity index (χ3n) is 3.90. The predicted octanol–water partition coefficient (Wildman–Crippen LogP) is 3.64. The maximum Gasteiger partial charge on any atom is 0.165 e. The van der Waals surface area contributed by atoms with Crippen LogP contribution in [0.15, 0.2) is 12.1 Å². The van der Waals surface area contributed by atoms with Crippen LogP contribution >= 0.6 is 0 Å². The molecule has 0 aliphatic carbocycles. The Morgan fingerprint density at radius 3 is 2.47 bits per heavy atom. The molecule has 1 aliphatic heterocycles. The summed E-state index contributed by atoms with van der Waals surface area (Å²) >= 11 is 0. The van der Waals surface area contributed by atoms with Gasteiger partial charge in [0.15, 0.2) is 11.5 Å². The number of nitrogens with one attached hydrogen (secondary N) is 1. The maximum atomic E-state index is 5.65. The van der Waals surface area contributed by atoms with Crippen molar-refractivity contribution in [3.8, 4) is 11.5 Å². The molecule has 3 heteroatoms. The summed E-state index contributed by atoms with van der Waals surface area (Å²) in [6.45, 7) is 5.55. The highest BCUT2D eigenvalue weighted by atomic mass is 16.5. The molecule has 1 saturated heterocycles. The van der Waals surface area contributed by atoms with Crippen molar-refractivity contribution in [3.63, 3.8) is 0 Å². The van der Waals surface area contributed by atoms with Crippen molar-refractivity contribution in [2.75, 3.05) is 20.8 Å². The van der Waals surface area contributed by atoms with E-state index < -0.39 is 0 Å². The van der Waals surface area contributed by atoms with Crippen LogP contribution in [0.4, 0.5) is 0 Å². The van der Waals surface area contributed by atoms with Gasteiger partial charge in [-0.1, -0.05) is 26.3 Å². The van der Waals surface area contributed by atoms with Gasteiger partial charge in [0.05, 0.1) is 14.2 Å². The Morgan fingerprint density at radius 2 is 1.95 bits per heavy atom. The summed E-state index contributed by atoms with van der Waals surface area (Å²) in [6, 6.07) is 4.58. The average Bonchev–Trinajstić information content (AvgIpc) is 2.46. The standard InChI is InChI=1S/C16H25NO2/c1-11(2)12-8-9-14(18-3)16(19-4)15(12)13-7-5-6-10-17-13/h8-9,11,13,17H,5-7,10H2,1-4H3. The van der Waals surface area contributed by atoms with E-state index in [-0.39, 0.29) is 0 Å². The number of rotatable bonds is 4. The summed E-state index contributed by atoms with van der Waals surface area (Å²) in [5.74, 6) is 2.21. The van der Waals surface area contributed by atoms with Crippen molar-refractivity contribution >= 4 is 0 Å². The lowest BCUT2D eigenvalue weighted by Crippen LogP contribution is -2.28. The molecule has 1 unspecified atom stereocenters. The zero-order valence-electron chi connectivity index (χ0n) is 12.5. The first-order valence-corrected chi connectivity index (χ1v) is 7.17. The predicted molar refractivity (Wildman–Crippen MR) is 78.2 cm³/mol. The van der Waals surface area contributed by atoms with E-state index >= 15 is 0 Å². The fourth-order valence-electron chi connectivity index (χ4n) is 2.93. The molecule has 0 radical (unpaired) electrons. The van der Waals surface area contributed by atoms with Crippen molar-refractivity contribution in [2.24, 2.45) is 0 Å². The normalized spacial score (nSPS) is 19.5. The molecule has 3 nitrogen and oxygen atoms in total. The second-order valence-electron chi connectivity index (χ2n) is 5.46. The molecule has 0 spiro atoms. The van der Waals surface area contributed by atoms with Crippen LogP contribution in [0.2, 0.25) is 0 Å². The highest BCUT2D eigenvalue weighted by molar-refractivity contribution is 5.53. The third-order valence-corrected chi connectivity index (χ3v) is 3.90. The summed E-state index contributed by atoms with van der Waals surface area (Å²) in [5.41, 5.74) is 2.65. The van der Waals surface area contributed by atoms with Gasteiger partial charge in [0.25, 0.3) is 0 Å². The molecule has 1 aromatic rings. The molecule has 1 fully saturated rings. The topological polar surface area (TPSA) is 30.5 Å². The van der Waals surface area contributed by atoms with Crippen LogP contribution in [0.3, 0.4) is 0 Å². The lowest BCUT2D eigenvalue weighted by atomic mass is 9.88. The van der Waals surface area contributed by atoms with Crippen molar-refractivity contribution in [1.29, 1.82) is 0 Å². The molecule has 0 bridgehead atoms. The van der Waals surface area contributed by atoms with E-state index in [4.69, 9.17) is 9.47 Å². The molecule has 0 amide bonds. The van der Waals surface area contributed by atoms with E-state index in [0.29, 0.717) is 12.0 Å². The monoisotopic (exact) mass is 263 g/mol. The molecule has 1 aliphatic rings. The van der Waals surface area contributed by atoms with Gasteiger partial charge in [-0.15, -0.1) is 0 Å². The molecule has 1 aromatic carbocycles. The van der Waals surface area contributed by atoms with Crippen LogP contribution in [-0.2, 0) is 0 Å². The number of ether oxygens (including phenoxy) is 2. The van der Waals surface area contributed by atoms with Gasteiger partial charge in [0.2, 0.25) is 0 Å². The number of hydrogen-bond acceptors (Lipinski definition) is 3. The number of hydrogen-bond donors (Lipinski definition) is 1. The Balaban J connectivity index is 2.51. The largest absolute Gasteiger partial charge is 0.493 e. The van der Waals surface area contributed by atoms with Crippen LogP contribution in [0, 0.1) is 0 Å². The van der Waals surface area contributed by atoms with E-state index in [9.17, 15) is 0 Å². The van der Waals surface area contributed by atoms with Crippen LogP contribution < -0.4 is 14.8 Å². The zero-order chi connectivity index (χ0) is 13.8. The summed E-state index contributed by atoms with van der Waals surface area (Å²) in [5, 5.41) is 3.62. The lowest BCUT2D eigenvalue weighted by molar-refractivity contribution is 0.336. The molecule has 2 rings (SSSR count). The van der Waals surface area contributed by atoms with Gasteiger partial charge in [-0.25, -0.2) is 0 Å². The third kappa shape index (κ3) is 2.86. The first kappa shape index (κ1) is 14.2.